The molecule has 1 amide bonds. The molecule has 0 unspecified atom stereocenters. The van der Waals surface area contributed by atoms with Gasteiger partial charge in [0.2, 0.25) is 12.7 Å². The number of ether oxygens (including phenoxy) is 4. The van der Waals surface area contributed by atoms with Gasteiger partial charge in [-0.3, -0.25) is 4.79 Å². The third-order valence-corrected chi connectivity index (χ3v) is 4.95. The van der Waals surface area contributed by atoms with Crippen LogP contribution in [-0.4, -0.2) is 25.9 Å². The van der Waals surface area contributed by atoms with Crippen molar-refractivity contribution in [1.82, 2.24) is 0 Å². The van der Waals surface area contributed by atoms with Gasteiger partial charge in [0.15, 0.2) is 23.0 Å². The van der Waals surface area contributed by atoms with Gasteiger partial charge >= 0.3 is 0 Å². The summed E-state index contributed by atoms with van der Waals surface area (Å²) in [6.07, 6.45) is 0.298. The fraction of sp³-hybridized carbons (Fsp3) is 0.278. The zero-order valence-corrected chi connectivity index (χ0v) is 13.9. The standard InChI is InChI=1S/C18H14ClNO5/c19-12-6-16-15(24-8-25-16)3-10(12)9-5-18(21)20-13-7-17-14(4-11(9)13)22-1-2-23-17/h3-4,6-7,9H,1-2,5,8H2,(H,20,21)/t9-/m1/s1. The number of rotatable bonds is 1. The molecule has 3 aliphatic rings. The highest BCUT2D eigenvalue weighted by Gasteiger charge is 2.32. The van der Waals surface area contributed by atoms with E-state index in [0.717, 1.165) is 16.8 Å². The third kappa shape index (κ3) is 2.36. The van der Waals surface area contributed by atoms with Crippen molar-refractivity contribution >= 4 is 23.2 Å². The van der Waals surface area contributed by atoms with E-state index in [1.807, 2.05) is 18.2 Å². The quantitative estimate of drug-likeness (QED) is 0.846. The van der Waals surface area contributed by atoms with Crippen LogP contribution in [0.2, 0.25) is 5.02 Å². The predicted octanol–water partition coefficient (Wildman–Crippen LogP) is 3.31. The summed E-state index contributed by atoms with van der Waals surface area (Å²) in [5.74, 6) is 2.33. The van der Waals surface area contributed by atoms with Gasteiger partial charge in [-0.25, -0.2) is 0 Å². The van der Waals surface area contributed by atoms with Crippen LogP contribution in [-0.2, 0) is 4.79 Å². The molecule has 3 heterocycles. The van der Waals surface area contributed by atoms with Crippen molar-refractivity contribution in [2.45, 2.75) is 12.3 Å². The first-order valence-corrected chi connectivity index (χ1v) is 8.39. The summed E-state index contributed by atoms with van der Waals surface area (Å²) >= 11 is 6.48. The van der Waals surface area contributed by atoms with Crippen molar-refractivity contribution in [3.8, 4) is 23.0 Å². The molecule has 0 bridgehead atoms. The lowest BCUT2D eigenvalue weighted by molar-refractivity contribution is -0.116. The molecule has 5 rings (SSSR count). The van der Waals surface area contributed by atoms with Crippen LogP contribution < -0.4 is 24.3 Å². The Morgan fingerprint density at radius 2 is 1.52 bits per heavy atom. The van der Waals surface area contributed by atoms with E-state index in [0.29, 0.717) is 47.7 Å². The van der Waals surface area contributed by atoms with Crippen LogP contribution in [0.15, 0.2) is 24.3 Å². The SMILES string of the molecule is O=C1C[C@H](c2cc3c(cc2Cl)OCO3)c2cc3c(cc2N1)OCCO3. The molecule has 0 fully saturated rings. The first kappa shape index (κ1) is 14.7. The summed E-state index contributed by atoms with van der Waals surface area (Å²) < 4.78 is 22.1. The zero-order chi connectivity index (χ0) is 17.0. The summed E-state index contributed by atoms with van der Waals surface area (Å²) in [6, 6.07) is 7.33. The number of anilines is 1. The van der Waals surface area contributed by atoms with Gasteiger partial charge in [0, 0.05) is 35.2 Å². The summed E-state index contributed by atoms with van der Waals surface area (Å²) in [7, 11) is 0. The molecule has 0 aromatic heterocycles. The van der Waals surface area contributed by atoms with Gasteiger partial charge in [-0.05, 0) is 23.3 Å². The monoisotopic (exact) mass is 359 g/mol. The number of carbonyl (C=O) groups is 1. The van der Waals surface area contributed by atoms with Gasteiger partial charge in [0.05, 0.1) is 0 Å². The van der Waals surface area contributed by atoms with Gasteiger partial charge in [-0.15, -0.1) is 0 Å². The molecular formula is C18H14ClNO5. The van der Waals surface area contributed by atoms with Gasteiger partial charge in [-0.2, -0.15) is 0 Å². The largest absolute Gasteiger partial charge is 0.486 e. The van der Waals surface area contributed by atoms with Crippen LogP contribution in [0.1, 0.15) is 23.5 Å². The molecule has 6 nitrogen and oxygen atoms in total. The van der Waals surface area contributed by atoms with Crippen molar-refractivity contribution in [3.05, 3.63) is 40.4 Å². The highest BCUT2D eigenvalue weighted by molar-refractivity contribution is 6.31. The highest BCUT2D eigenvalue weighted by Crippen LogP contribution is 2.47. The van der Waals surface area contributed by atoms with Crippen LogP contribution in [0.25, 0.3) is 0 Å². The number of amides is 1. The Morgan fingerprint density at radius 1 is 0.880 bits per heavy atom. The molecule has 0 saturated carbocycles. The van der Waals surface area contributed by atoms with Crippen molar-refractivity contribution in [3.63, 3.8) is 0 Å². The Morgan fingerprint density at radius 3 is 2.32 bits per heavy atom. The second-order valence-corrected chi connectivity index (χ2v) is 6.52. The van der Waals surface area contributed by atoms with E-state index >= 15 is 0 Å². The van der Waals surface area contributed by atoms with E-state index in [9.17, 15) is 4.79 Å². The Kier molecular flexibility index (Phi) is 3.21. The first-order valence-electron chi connectivity index (χ1n) is 8.01. The van der Waals surface area contributed by atoms with Crippen LogP contribution in [0.4, 0.5) is 5.69 Å². The average molecular weight is 360 g/mol. The number of carbonyl (C=O) groups excluding carboxylic acids is 1. The topological polar surface area (TPSA) is 66.0 Å². The smallest absolute Gasteiger partial charge is 0.231 e. The van der Waals surface area contributed by atoms with Crippen molar-refractivity contribution in [1.29, 1.82) is 0 Å². The Labute approximate surface area is 148 Å². The molecule has 1 atom stereocenters. The molecule has 128 valence electrons. The van der Waals surface area contributed by atoms with Crippen molar-refractivity contribution < 1.29 is 23.7 Å². The van der Waals surface area contributed by atoms with Gasteiger partial charge < -0.3 is 24.3 Å². The maximum atomic E-state index is 12.2. The molecule has 0 spiro atoms. The Balaban J connectivity index is 1.65. The summed E-state index contributed by atoms with van der Waals surface area (Å²) in [4.78, 5) is 12.2. The highest BCUT2D eigenvalue weighted by atomic mass is 35.5. The predicted molar refractivity (Wildman–Crippen MR) is 90.1 cm³/mol. The number of hydrogen-bond donors (Lipinski definition) is 1. The average Bonchev–Trinajstić information content (AvgIpc) is 3.06. The van der Waals surface area contributed by atoms with Crippen LogP contribution in [0.5, 0.6) is 23.0 Å². The fourth-order valence-corrected chi connectivity index (χ4v) is 3.76. The van der Waals surface area contributed by atoms with Crippen LogP contribution in [0.3, 0.4) is 0 Å². The second kappa shape index (κ2) is 5.46. The number of halogens is 1. The van der Waals surface area contributed by atoms with E-state index in [1.54, 1.807) is 6.07 Å². The maximum Gasteiger partial charge on any atom is 0.231 e. The fourth-order valence-electron chi connectivity index (χ4n) is 3.48. The van der Waals surface area contributed by atoms with E-state index in [2.05, 4.69) is 5.32 Å². The molecule has 2 aromatic rings. The minimum Gasteiger partial charge on any atom is -0.486 e. The second-order valence-electron chi connectivity index (χ2n) is 6.11. The van der Waals surface area contributed by atoms with Gasteiger partial charge in [0.1, 0.15) is 13.2 Å². The zero-order valence-electron chi connectivity index (χ0n) is 13.1. The lowest BCUT2D eigenvalue weighted by Crippen LogP contribution is -2.25. The van der Waals surface area contributed by atoms with E-state index < -0.39 is 0 Å². The lowest BCUT2D eigenvalue weighted by atomic mass is 9.84. The Bertz CT molecular complexity index is 898. The number of fused-ring (bicyclic) bond motifs is 3. The molecule has 0 radical (unpaired) electrons. The molecule has 25 heavy (non-hydrogen) atoms. The number of benzene rings is 2. The Hall–Kier alpha value is -2.60. The van der Waals surface area contributed by atoms with Gasteiger partial charge in [-0.1, -0.05) is 11.6 Å². The molecule has 2 aromatic carbocycles. The van der Waals surface area contributed by atoms with Crippen LogP contribution >= 0.6 is 11.6 Å². The van der Waals surface area contributed by atoms with Crippen LogP contribution in [0, 0.1) is 0 Å². The maximum absolute atomic E-state index is 12.2. The first-order chi connectivity index (χ1) is 12.2. The summed E-state index contributed by atoms with van der Waals surface area (Å²) in [6.45, 7) is 1.18. The lowest BCUT2D eigenvalue weighted by Gasteiger charge is -2.29. The molecule has 3 aliphatic heterocycles. The van der Waals surface area contributed by atoms with Crippen molar-refractivity contribution in [2.75, 3.05) is 25.3 Å². The number of hydrogen-bond acceptors (Lipinski definition) is 5. The van der Waals surface area contributed by atoms with Gasteiger partial charge in [0.25, 0.3) is 0 Å². The summed E-state index contributed by atoms with van der Waals surface area (Å²) in [5.41, 5.74) is 2.50. The molecule has 1 N–H and O–H groups in total. The van der Waals surface area contributed by atoms with E-state index in [1.165, 1.54) is 0 Å². The normalized spacial score (nSPS) is 20.0. The van der Waals surface area contributed by atoms with E-state index in [4.69, 9.17) is 30.5 Å². The van der Waals surface area contributed by atoms with Crippen molar-refractivity contribution in [2.24, 2.45) is 0 Å². The number of nitrogens with one attached hydrogen (secondary N) is 1. The minimum absolute atomic E-state index is 0.0667. The molecule has 0 aliphatic carbocycles. The minimum atomic E-state index is -0.193. The molecule has 7 heteroatoms. The summed E-state index contributed by atoms with van der Waals surface area (Å²) in [5, 5.41) is 3.45. The third-order valence-electron chi connectivity index (χ3n) is 4.62. The molecule has 0 saturated heterocycles. The van der Waals surface area contributed by atoms with E-state index in [-0.39, 0.29) is 18.6 Å². The molecular weight excluding hydrogens is 346 g/mol.